The van der Waals surface area contributed by atoms with Crippen molar-refractivity contribution in [1.82, 2.24) is 5.32 Å². The van der Waals surface area contributed by atoms with E-state index in [2.05, 4.69) is 45.8 Å². The molecule has 0 bridgehead atoms. The van der Waals surface area contributed by atoms with Gasteiger partial charge in [0.05, 0.1) is 6.04 Å². The Morgan fingerprint density at radius 2 is 1.83 bits per heavy atom. The molecule has 0 fully saturated rings. The van der Waals surface area contributed by atoms with Gasteiger partial charge in [0.15, 0.2) is 8.32 Å². The van der Waals surface area contributed by atoms with E-state index in [1.165, 1.54) is 0 Å². The monoisotopic (exact) mass is 413 g/mol. The van der Waals surface area contributed by atoms with Crippen LogP contribution in [0.5, 0.6) is 0 Å². The van der Waals surface area contributed by atoms with Crippen molar-refractivity contribution in [3.63, 3.8) is 0 Å². The van der Waals surface area contributed by atoms with Crippen LogP contribution in [0, 0.1) is 5.92 Å². The molecular formula is C17H30Cl3NO2Si. The van der Waals surface area contributed by atoms with Crippen molar-refractivity contribution in [2.24, 2.45) is 5.92 Å². The summed E-state index contributed by atoms with van der Waals surface area (Å²) in [5.74, 6) is -0.601. The number of carbonyl (C=O) groups is 1. The summed E-state index contributed by atoms with van der Waals surface area (Å²) in [6, 6.07) is -0.280. The fourth-order valence-corrected chi connectivity index (χ4v) is 2.87. The zero-order valence-electron chi connectivity index (χ0n) is 15.5. The Bertz CT molecular complexity index is 454. The van der Waals surface area contributed by atoms with E-state index in [0.29, 0.717) is 13.0 Å². The maximum atomic E-state index is 12.0. The van der Waals surface area contributed by atoms with Crippen LogP contribution in [-0.4, -0.2) is 30.7 Å². The van der Waals surface area contributed by atoms with Crippen molar-refractivity contribution >= 4 is 49.0 Å². The van der Waals surface area contributed by atoms with Gasteiger partial charge in [0.1, 0.15) is 0 Å². The standard InChI is InChI=1S/C17H30Cl3NO2Si/c1-8-9-10-11-14(21-15(22)17(18,19)20)13(2)12-23-24(6,7)16(3,4)5/h8,10-11,13-14H,1,9,12H2,2-7H3,(H,21,22)/b11-10+/t13-,14+/m1/s1. The maximum absolute atomic E-state index is 12.0. The van der Waals surface area contributed by atoms with Crippen molar-refractivity contribution in [2.45, 2.75) is 62.1 Å². The van der Waals surface area contributed by atoms with Gasteiger partial charge in [-0.3, -0.25) is 4.79 Å². The average molecular weight is 415 g/mol. The van der Waals surface area contributed by atoms with E-state index in [4.69, 9.17) is 39.2 Å². The minimum Gasteiger partial charge on any atom is -0.416 e. The summed E-state index contributed by atoms with van der Waals surface area (Å²) >= 11 is 17.0. The summed E-state index contributed by atoms with van der Waals surface area (Å²) < 4.78 is 4.26. The van der Waals surface area contributed by atoms with Crippen LogP contribution in [0.2, 0.25) is 18.1 Å². The summed E-state index contributed by atoms with van der Waals surface area (Å²) in [4.78, 5) is 12.0. The van der Waals surface area contributed by atoms with Crippen LogP contribution >= 0.6 is 34.8 Å². The van der Waals surface area contributed by atoms with Crippen molar-refractivity contribution in [1.29, 1.82) is 0 Å². The third-order valence-corrected chi connectivity index (χ3v) is 9.34. The van der Waals surface area contributed by atoms with Gasteiger partial charge >= 0.3 is 0 Å². The second-order valence-electron chi connectivity index (χ2n) is 7.50. The fraction of sp³-hybridized carbons (Fsp3) is 0.706. The molecule has 140 valence electrons. The highest BCUT2D eigenvalue weighted by Gasteiger charge is 2.38. The molecular weight excluding hydrogens is 385 g/mol. The molecule has 0 saturated carbocycles. The molecule has 0 aliphatic rings. The smallest absolute Gasteiger partial charge is 0.272 e. The zero-order valence-corrected chi connectivity index (χ0v) is 18.7. The van der Waals surface area contributed by atoms with Crippen LogP contribution < -0.4 is 5.32 Å². The third-order valence-electron chi connectivity index (χ3n) is 4.33. The molecule has 24 heavy (non-hydrogen) atoms. The lowest BCUT2D eigenvalue weighted by Gasteiger charge is -2.37. The van der Waals surface area contributed by atoms with Crippen molar-refractivity contribution in [2.75, 3.05) is 6.61 Å². The molecule has 0 aromatic heterocycles. The highest BCUT2D eigenvalue weighted by molar-refractivity contribution is 6.76. The Balaban J connectivity index is 5.01. The van der Waals surface area contributed by atoms with E-state index in [0.717, 1.165) is 0 Å². The highest BCUT2D eigenvalue weighted by Crippen LogP contribution is 2.37. The minimum absolute atomic E-state index is 0.0384. The van der Waals surface area contributed by atoms with Crippen molar-refractivity contribution in [3.8, 4) is 0 Å². The topological polar surface area (TPSA) is 38.3 Å². The molecule has 0 unspecified atom stereocenters. The van der Waals surface area contributed by atoms with E-state index in [1.54, 1.807) is 6.08 Å². The number of alkyl halides is 3. The van der Waals surface area contributed by atoms with E-state index < -0.39 is 18.0 Å². The Kier molecular flexibility index (Phi) is 9.63. The van der Waals surface area contributed by atoms with Crippen LogP contribution in [0.4, 0.5) is 0 Å². The molecule has 0 aromatic carbocycles. The lowest BCUT2D eigenvalue weighted by molar-refractivity contribution is -0.121. The second-order valence-corrected chi connectivity index (χ2v) is 14.6. The number of amides is 1. The lowest BCUT2D eigenvalue weighted by Crippen LogP contribution is -2.47. The Hall–Kier alpha value is -0.00312. The van der Waals surface area contributed by atoms with Crippen LogP contribution in [0.15, 0.2) is 24.8 Å². The second kappa shape index (κ2) is 9.63. The minimum atomic E-state index is -1.98. The molecule has 1 N–H and O–H groups in total. The number of rotatable bonds is 8. The molecule has 0 aliphatic heterocycles. The van der Waals surface area contributed by atoms with Gasteiger partial charge in [-0.05, 0) is 24.6 Å². The molecule has 0 aliphatic carbocycles. The van der Waals surface area contributed by atoms with Crippen LogP contribution in [-0.2, 0) is 9.22 Å². The van der Waals surface area contributed by atoms with Gasteiger partial charge in [-0.1, -0.05) is 80.7 Å². The first-order valence-corrected chi connectivity index (χ1v) is 12.1. The van der Waals surface area contributed by atoms with E-state index in [-0.39, 0.29) is 17.0 Å². The first-order chi connectivity index (χ1) is 10.7. The first kappa shape index (κ1) is 24.0. The molecule has 0 aromatic rings. The van der Waals surface area contributed by atoms with Gasteiger partial charge in [-0.25, -0.2) is 0 Å². The van der Waals surface area contributed by atoms with Crippen molar-refractivity contribution in [3.05, 3.63) is 24.8 Å². The molecule has 1 amide bonds. The lowest BCUT2D eigenvalue weighted by atomic mass is 10.0. The zero-order chi connectivity index (χ0) is 19.2. The number of hydrogen-bond acceptors (Lipinski definition) is 2. The molecule has 7 heteroatoms. The molecule has 0 saturated heterocycles. The summed E-state index contributed by atoms with van der Waals surface area (Å²) in [5, 5.41) is 2.90. The van der Waals surface area contributed by atoms with E-state index in [9.17, 15) is 4.79 Å². The predicted octanol–water partition coefficient (Wildman–Crippen LogP) is 5.63. The number of hydrogen-bond donors (Lipinski definition) is 1. The molecule has 2 atom stereocenters. The first-order valence-electron chi connectivity index (χ1n) is 8.01. The van der Waals surface area contributed by atoms with Crippen LogP contribution in [0.1, 0.15) is 34.1 Å². The fourth-order valence-electron chi connectivity index (χ4n) is 1.59. The Morgan fingerprint density at radius 1 is 1.29 bits per heavy atom. The van der Waals surface area contributed by atoms with Crippen LogP contribution in [0.25, 0.3) is 0 Å². The van der Waals surface area contributed by atoms with E-state index >= 15 is 0 Å². The summed E-state index contributed by atoms with van der Waals surface area (Å²) in [6.07, 6.45) is 6.31. The SMILES string of the molecule is C=CC/C=C/[C@H](NC(=O)C(Cl)(Cl)Cl)[C@H](C)CO[Si](C)(C)C(C)(C)C. The predicted molar refractivity (Wildman–Crippen MR) is 108 cm³/mol. The number of allylic oxidation sites excluding steroid dienone is 2. The van der Waals surface area contributed by atoms with Gasteiger partial charge in [-0.15, -0.1) is 6.58 Å². The third kappa shape index (κ3) is 8.39. The highest BCUT2D eigenvalue weighted by atomic mass is 35.6. The number of halogens is 3. The molecule has 0 heterocycles. The average Bonchev–Trinajstić information content (AvgIpc) is 2.41. The van der Waals surface area contributed by atoms with Gasteiger partial charge in [0.2, 0.25) is 0 Å². The van der Waals surface area contributed by atoms with Gasteiger partial charge in [-0.2, -0.15) is 0 Å². The summed E-state index contributed by atoms with van der Waals surface area (Å²) in [5.41, 5.74) is 0. The summed E-state index contributed by atoms with van der Waals surface area (Å²) in [7, 11) is -1.86. The van der Waals surface area contributed by atoms with Crippen LogP contribution in [0.3, 0.4) is 0 Å². The van der Waals surface area contributed by atoms with E-state index in [1.807, 2.05) is 19.1 Å². The van der Waals surface area contributed by atoms with Gasteiger partial charge in [0.25, 0.3) is 9.70 Å². The quantitative estimate of drug-likeness (QED) is 0.317. The Morgan fingerprint density at radius 3 is 2.25 bits per heavy atom. The normalized spacial score (nSPS) is 16.0. The number of carbonyl (C=O) groups excluding carboxylic acids is 1. The molecule has 3 nitrogen and oxygen atoms in total. The van der Waals surface area contributed by atoms with Crippen molar-refractivity contribution < 1.29 is 9.22 Å². The molecule has 0 radical (unpaired) electrons. The molecule has 0 rings (SSSR count). The maximum Gasteiger partial charge on any atom is 0.272 e. The van der Waals surface area contributed by atoms with Gasteiger partial charge in [0, 0.05) is 12.5 Å². The summed E-state index contributed by atoms with van der Waals surface area (Å²) in [6.45, 7) is 17.2. The van der Waals surface area contributed by atoms with Gasteiger partial charge < -0.3 is 9.74 Å². The Labute approximate surface area is 162 Å². The number of nitrogens with one attached hydrogen (secondary N) is 1. The largest absolute Gasteiger partial charge is 0.416 e. The molecule has 0 spiro atoms.